The number of nitrogens with zero attached hydrogens (tertiary/aromatic N) is 4. The first-order chi connectivity index (χ1) is 18.0. The number of fused-ring (bicyclic) bond motifs is 2. The Morgan fingerprint density at radius 3 is 2.65 bits per heavy atom. The minimum Gasteiger partial charge on any atom is -0.488 e. The Bertz CT molecular complexity index is 1390. The Hall–Kier alpha value is -3.59. The molecule has 4 aromatic rings. The number of anilines is 1. The topological polar surface area (TPSA) is 54.7 Å². The van der Waals surface area contributed by atoms with Crippen LogP contribution in [0.25, 0.3) is 16.8 Å². The van der Waals surface area contributed by atoms with Crippen LogP contribution in [0.4, 0.5) is 19.1 Å². The van der Waals surface area contributed by atoms with Gasteiger partial charge in [0.05, 0.1) is 11.1 Å². The number of hydrogen-bond donors (Lipinski definition) is 1. The lowest BCUT2D eigenvalue weighted by atomic mass is 9.99. The average molecular weight is 508 g/mol. The van der Waals surface area contributed by atoms with Crippen molar-refractivity contribution in [2.75, 3.05) is 18.4 Å². The van der Waals surface area contributed by atoms with Gasteiger partial charge in [0, 0.05) is 30.4 Å². The van der Waals surface area contributed by atoms with Crippen molar-refractivity contribution < 1.29 is 17.9 Å². The molecular formula is C28H28F3N5O. The molecule has 2 saturated heterocycles. The lowest BCUT2D eigenvalue weighted by Gasteiger charge is -2.32. The molecule has 2 fully saturated rings. The summed E-state index contributed by atoms with van der Waals surface area (Å²) < 4.78 is 48.5. The molecule has 1 N–H and O–H groups in total. The van der Waals surface area contributed by atoms with E-state index >= 15 is 0 Å². The third-order valence-corrected chi connectivity index (χ3v) is 7.44. The molecule has 0 amide bonds. The molecule has 37 heavy (non-hydrogen) atoms. The summed E-state index contributed by atoms with van der Waals surface area (Å²) in [5.41, 5.74) is 1.78. The summed E-state index contributed by atoms with van der Waals surface area (Å²) in [6, 6.07) is 17.5. The molecule has 0 spiro atoms. The van der Waals surface area contributed by atoms with E-state index in [1.54, 1.807) is 0 Å². The smallest absolute Gasteiger partial charge is 0.416 e. The number of ether oxygens (including phenoxy) is 1. The van der Waals surface area contributed by atoms with Gasteiger partial charge in [-0.05, 0) is 61.7 Å². The summed E-state index contributed by atoms with van der Waals surface area (Å²) in [6.45, 7) is 2.36. The third-order valence-electron chi connectivity index (χ3n) is 7.44. The van der Waals surface area contributed by atoms with Crippen LogP contribution >= 0.6 is 0 Å². The number of rotatable bonds is 6. The SMILES string of the molecule is FC(F)(F)c1ccc(-c2nnc(NC3CCN4CCCCC34)n3cccc23)c(OCc2ccccc2)c1. The lowest BCUT2D eigenvalue weighted by Crippen LogP contribution is -2.42. The Labute approximate surface area is 213 Å². The van der Waals surface area contributed by atoms with Crippen molar-refractivity contribution >= 4 is 11.5 Å². The highest BCUT2D eigenvalue weighted by atomic mass is 19.4. The van der Waals surface area contributed by atoms with Gasteiger partial charge in [-0.15, -0.1) is 10.2 Å². The predicted molar refractivity (Wildman–Crippen MR) is 135 cm³/mol. The highest BCUT2D eigenvalue weighted by Crippen LogP contribution is 2.38. The van der Waals surface area contributed by atoms with Crippen LogP contribution in [0.5, 0.6) is 5.75 Å². The second-order valence-corrected chi connectivity index (χ2v) is 9.76. The standard InChI is InChI=1S/C28H28F3N5O/c29-28(30,31)20-11-12-21(25(17-20)37-18-19-7-2-1-3-8-19)26-24-10-6-15-36(24)27(34-33-26)32-22-13-16-35-14-5-4-9-23(22)35/h1-3,6-8,10-12,15,17,22-23H,4-5,9,13-14,16,18H2,(H,32,34). The molecule has 6 rings (SSSR count). The average Bonchev–Trinajstić information content (AvgIpc) is 3.56. The van der Waals surface area contributed by atoms with E-state index < -0.39 is 11.7 Å². The second kappa shape index (κ2) is 9.70. The Morgan fingerprint density at radius 2 is 1.81 bits per heavy atom. The van der Waals surface area contributed by atoms with Gasteiger partial charge in [0.25, 0.3) is 0 Å². The number of aromatic nitrogens is 3. The van der Waals surface area contributed by atoms with Gasteiger partial charge < -0.3 is 10.1 Å². The minimum atomic E-state index is -4.48. The van der Waals surface area contributed by atoms with Crippen molar-refractivity contribution in [2.24, 2.45) is 0 Å². The maximum Gasteiger partial charge on any atom is 0.416 e. The third kappa shape index (κ3) is 4.75. The van der Waals surface area contributed by atoms with Gasteiger partial charge in [-0.3, -0.25) is 9.30 Å². The van der Waals surface area contributed by atoms with Gasteiger partial charge in [-0.25, -0.2) is 0 Å². The summed E-state index contributed by atoms with van der Waals surface area (Å²) in [6.07, 6.45) is 2.13. The fourth-order valence-corrected chi connectivity index (χ4v) is 5.58. The molecule has 0 radical (unpaired) electrons. The maximum absolute atomic E-state index is 13.5. The molecule has 0 saturated carbocycles. The normalized spacial score (nSPS) is 20.2. The molecule has 2 atom stereocenters. The fourth-order valence-electron chi connectivity index (χ4n) is 5.58. The number of piperidine rings is 1. The minimum absolute atomic E-state index is 0.116. The largest absolute Gasteiger partial charge is 0.488 e. The molecule has 9 heteroatoms. The summed E-state index contributed by atoms with van der Waals surface area (Å²) in [5.74, 6) is 0.755. The maximum atomic E-state index is 13.5. The van der Waals surface area contributed by atoms with Gasteiger partial charge in [0.1, 0.15) is 18.1 Å². The van der Waals surface area contributed by atoms with Gasteiger partial charge in [0.15, 0.2) is 0 Å². The van der Waals surface area contributed by atoms with E-state index in [0.717, 1.165) is 42.7 Å². The Morgan fingerprint density at radius 1 is 0.946 bits per heavy atom. The van der Waals surface area contributed by atoms with E-state index in [1.165, 1.54) is 25.3 Å². The van der Waals surface area contributed by atoms with E-state index in [0.29, 0.717) is 29.3 Å². The summed E-state index contributed by atoms with van der Waals surface area (Å²) >= 11 is 0. The Kier molecular flexibility index (Phi) is 6.24. The van der Waals surface area contributed by atoms with Crippen LogP contribution < -0.4 is 10.1 Å². The van der Waals surface area contributed by atoms with Crippen LogP contribution in [0, 0.1) is 0 Å². The molecule has 4 heterocycles. The van der Waals surface area contributed by atoms with Gasteiger partial charge >= 0.3 is 6.18 Å². The summed E-state index contributed by atoms with van der Waals surface area (Å²) in [4.78, 5) is 2.55. The van der Waals surface area contributed by atoms with E-state index in [4.69, 9.17) is 4.74 Å². The molecule has 0 aliphatic carbocycles. The monoisotopic (exact) mass is 507 g/mol. The van der Waals surface area contributed by atoms with Crippen molar-refractivity contribution in [3.63, 3.8) is 0 Å². The number of nitrogens with one attached hydrogen (secondary N) is 1. The van der Waals surface area contributed by atoms with E-state index in [9.17, 15) is 13.2 Å². The van der Waals surface area contributed by atoms with Crippen molar-refractivity contribution in [1.29, 1.82) is 0 Å². The molecule has 2 aromatic heterocycles. The zero-order valence-corrected chi connectivity index (χ0v) is 20.3. The van der Waals surface area contributed by atoms with Gasteiger partial charge in [-0.1, -0.05) is 36.8 Å². The van der Waals surface area contributed by atoms with Crippen LogP contribution in [0.3, 0.4) is 0 Å². The highest BCUT2D eigenvalue weighted by molar-refractivity contribution is 5.81. The van der Waals surface area contributed by atoms with Crippen LogP contribution in [0.2, 0.25) is 0 Å². The molecule has 0 bridgehead atoms. The first kappa shape index (κ1) is 23.8. The molecule has 2 aliphatic heterocycles. The molecular weight excluding hydrogens is 479 g/mol. The summed E-state index contributed by atoms with van der Waals surface area (Å²) in [7, 11) is 0. The molecule has 2 unspecified atom stereocenters. The summed E-state index contributed by atoms with van der Waals surface area (Å²) in [5, 5.41) is 12.6. The quantitative estimate of drug-likeness (QED) is 0.345. The van der Waals surface area contributed by atoms with Crippen molar-refractivity contribution in [2.45, 2.75) is 50.6 Å². The fraction of sp³-hybridized carbons (Fsp3) is 0.357. The predicted octanol–water partition coefficient (Wildman–Crippen LogP) is 6.03. The zero-order valence-electron chi connectivity index (χ0n) is 20.3. The van der Waals surface area contributed by atoms with Crippen molar-refractivity contribution in [1.82, 2.24) is 19.5 Å². The van der Waals surface area contributed by atoms with E-state index in [2.05, 4.69) is 20.4 Å². The molecule has 2 aromatic carbocycles. The lowest BCUT2D eigenvalue weighted by molar-refractivity contribution is -0.137. The number of alkyl halides is 3. The van der Waals surface area contributed by atoms with Crippen molar-refractivity contribution in [3.8, 4) is 17.0 Å². The number of halogens is 3. The van der Waals surface area contributed by atoms with Crippen LogP contribution in [0.15, 0.2) is 66.9 Å². The molecule has 6 nitrogen and oxygen atoms in total. The van der Waals surface area contributed by atoms with Crippen LogP contribution in [-0.4, -0.2) is 44.7 Å². The number of benzene rings is 2. The number of hydrogen-bond acceptors (Lipinski definition) is 5. The second-order valence-electron chi connectivity index (χ2n) is 9.76. The molecule has 2 aliphatic rings. The van der Waals surface area contributed by atoms with Crippen LogP contribution in [0.1, 0.15) is 36.8 Å². The van der Waals surface area contributed by atoms with Crippen LogP contribution in [-0.2, 0) is 12.8 Å². The zero-order chi connectivity index (χ0) is 25.4. The van der Waals surface area contributed by atoms with E-state index in [1.807, 2.05) is 53.1 Å². The first-order valence-corrected chi connectivity index (χ1v) is 12.7. The highest BCUT2D eigenvalue weighted by Gasteiger charge is 2.36. The van der Waals surface area contributed by atoms with Gasteiger partial charge in [0.2, 0.25) is 5.95 Å². The first-order valence-electron chi connectivity index (χ1n) is 12.7. The molecule has 192 valence electrons. The Balaban J connectivity index is 1.34. The van der Waals surface area contributed by atoms with Gasteiger partial charge in [-0.2, -0.15) is 13.2 Å². The van der Waals surface area contributed by atoms with Crippen molar-refractivity contribution in [3.05, 3.63) is 78.0 Å². The van der Waals surface area contributed by atoms with E-state index in [-0.39, 0.29) is 12.4 Å².